The van der Waals surface area contributed by atoms with Gasteiger partial charge in [-0.3, -0.25) is 0 Å². The molecular formula is C8H12F3N3OS. The molecule has 0 spiro atoms. The topological polar surface area (TPSA) is 47.0 Å². The van der Waals surface area contributed by atoms with Crippen LogP contribution < -0.4 is 10.1 Å². The summed E-state index contributed by atoms with van der Waals surface area (Å²) in [4.78, 5) is 0. The van der Waals surface area contributed by atoms with E-state index in [1.807, 2.05) is 0 Å². The highest BCUT2D eigenvalue weighted by atomic mass is 32.1. The Morgan fingerprint density at radius 1 is 1.38 bits per heavy atom. The van der Waals surface area contributed by atoms with Crippen molar-refractivity contribution in [2.75, 3.05) is 13.7 Å². The van der Waals surface area contributed by atoms with Crippen molar-refractivity contribution in [1.82, 2.24) is 15.5 Å². The second kappa shape index (κ2) is 6.00. The molecule has 1 heterocycles. The van der Waals surface area contributed by atoms with Gasteiger partial charge in [0, 0.05) is 13.0 Å². The summed E-state index contributed by atoms with van der Waals surface area (Å²) in [6.07, 6.45) is -5.03. The monoisotopic (exact) mass is 255 g/mol. The second-order valence-corrected chi connectivity index (χ2v) is 4.08. The third-order valence-electron chi connectivity index (χ3n) is 1.61. The second-order valence-electron chi connectivity index (χ2n) is 3.06. The lowest BCUT2D eigenvalue weighted by molar-refractivity contribution is -0.136. The van der Waals surface area contributed by atoms with Crippen molar-refractivity contribution in [3.63, 3.8) is 0 Å². The molecular weight excluding hydrogens is 243 g/mol. The molecule has 0 bridgehead atoms. The first-order valence-electron chi connectivity index (χ1n) is 4.68. The maximum Gasteiger partial charge on any atom is 0.389 e. The van der Waals surface area contributed by atoms with Crippen molar-refractivity contribution in [2.24, 2.45) is 0 Å². The van der Waals surface area contributed by atoms with Gasteiger partial charge in [-0.15, -0.1) is 10.2 Å². The van der Waals surface area contributed by atoms with Crippen LogP contribution in [-0.4, -0.2) is 30.0 Å². The molecule has 0 aliphatic heterocycles. The van der Waals surface area contributed by atoms with Gasteiger partial charge in [0.05, 0.1) is 6.61 Å². The normalized spacial score (nSPS) is 11.8. The Labute approximate surface area is 94.8 Å². The molecule has 0 aromatic carbocycles. The van der Waals surface area contributed by atoms with E-state index in [1.165, 1.54) is 11.3 Å². The number of nitrogens with zero attached hydrogens (tertiary/aromatic N) is 2. The minimum atomic E-state index is -4.12. The number of hydrogen-bond donors (Lipinski definition) is 1. The van der Waals surface area contributed by atoms with E-state index in [1.54, 1.807) is 7.05 Å². The third kappa shape index (κ3) is 5.26. The number of nitrogens with one attached hydrogen (secondary N) is 1. The SMILES string of the molecule is CNCc1nnc(OCCCC(F)(F)F)s1. The van der Waals surface area contributed by atoms with Crippen LogP contribution in [0.1, 0.15) is 17.8 Å². The summed E-state index contributed by atoms with van der Waals surface area (Å²) in [7, 11) is 1.77. The molecule has 0 atom stereocenters. The van der Waals surface area contributed by atoms with Crippen molar-refractivity contribution in [3.05, 3.63) is 5.01 Å². The molecule has 0 saturated heterocycles. The molecule has 0 saturated carbocycles. The van der Waals surface area contributed by atoms with Gasteiger partial charge >= 0.3 is 6.18 Å². The zero-order valence-electron chi connectivity index (χ0n) is 8.67. The van der Waals surface area contributed by atoms with Gasteiger partial charge in [0.15, 0.2) is 0 Å². The van der Waals surface area contributed by atoms with Crippen LogP contribution in [0, 0.1) is 0 Å². The molecule has 8 heteroatoms. The third-order valence-corrected chi connectivity index (χ3v) is 2.44. The Bertz CT molecular complexity index is 316. The van der Waals surface area contributed by atoms with Gasteiger partial charge < -0.3 is 10.1 Å². The summed E-state index contributed by atoms with van der Waals surface area (Å²) >= 11 is 1.23. The molecule has 1 aromatic heterocycles. The molecule has 0 aliphatic rings. The fraction of sp³-hybridized carbons (Fsp3) is 0.750. The highest BCUT2D eigenvalue weighted by Crippen LogP contribution is 2.22. The van der Waals surface area contributed by atoms with Crippen LogP contribution in [0.15, 0.2) is 0 Å². The molecule has 92 valence electrons. The Morgan fingerprint density at radius 2 is 2.12 bits per heavy atom. The highest BCUT2D eigenvalue weighted by molar-refractivity contribution is 7.13. The van der Waals surface area contributed by atoms with E-state index in [-0.39, 0.29) is 13.0 Å². The van der Waals surface area contributed by atoms with Crippen LogP contribution in [0.2, 0.25) is 0 Å². The lowest BCUT2D eigenvalue weighted by Crippen LogP contribution is -2.09. The van der Waals surface area contributed by atoms with Crippen molar-refractivity contribution >= 4 is 11.3 Å². The number of alkyl halides is 3. The van der Waals surface area contributed by atoms with Gasteiger partial charge in [0.25, 0.3) is 5.19 Å². The standard InChI is InChI=1S/C8H12F3N3OS/c1-12-5-6-13-14-7(16-6)15-4-2-3-8(9,10)11/h12H,2-5H2,1H3. The van der Waals surface area contributed by atoms with Crippen molar-refractivity contribution in [3.8, 4) is 5.19 Å². The maximum absolute atomic E-state index is 11.8. The minimum absolute atomic E-state index is 0.00764. The van der Waals surface area contributed by atoms with Gasteiger partial charge in [-0.25, -0.2) is 0 Å². The predicted octanol–water partition coefficient (Wildman–Crippen LogP) is 1.98. The van der Waals surface area contributed by atoms with Crippen molar-refractivity contribution in [1.29, 1.82) is 0 Å². The molecule has 1 aromatic rings. The number of ether oxygens (including phenoxy) is 1. The van der Waals surface area contributed by atoms with E-state index in [4.69, 9.17) is 4.74 Å². The molecule has 4 nitrogen and oxygen atoms in total. The Hall–Kier alpha value is -0.890. The fourth-order valence-corrected chi connectivity index (χ4v) is 1.67. The summed E-state index contributed by atoms with van der Waals surface area (Å²) in [5.74, 6) is 0. The summed E-state index contributed by atoms with van der Waals surface area (Å²) in [5, 5.41) is 11.4. The molecule has 0 aliphatic carbocycles. The Balaban J connectivity index is 2.21. The lowest BCUT2D eigenvalue weighted by Gasteiger charge is -2.05. The van der Waals surface area contributed by atoms with E-state index >= 15 is 0 Å². The first-order valence-corrected chi connectivity index (χ1v) is 5.49. The Kier molecular flexibility index (Phi) is 4.94. The largest absolute Gasteiger partial charge is 0.469 e. The number of halogens is 3. The van der Waals surface area contributed by atoms with E-state index in [0.29, 0.717) is 11.7 Å². The fourth-order valence-electron chi connectivity index (χ4n) is 0.951. The van der Waals surface area contributed by atoms with Crippen LogP contribution in [-0.2, 0) is 6.54 Å². The van der Waals surface area contributed by atoms with Crippen LogP contribution in [0.25, 0.3) is 0 Å². The average molecular weight is 255 g/mol. The van der Waals surface area contributed by atoms with Crippen LogP contribution in [0.3, 0.4) is 0 Å². The smallest absolute Gasteiger partial charge is 0.389 e. The molecule has 16 heavy (non-hydrogen) atoms. The van der Waals surface area contributed by atoms with E-state index < -0.39 is 12.6 Å². The minimum Gasteiger partial charge on any atom is -0.469 e. The average Bonchev–Trinajstić information content (AvgIpc) is 2.60. The molecule has 1 N–H and O–H groups in total. The number of hydrogen-bond acceptors (Lipinski definition) is 5. The summed E-state index contributed by atoms with van der Waals surface area (Å²) < 4.78 is 40.4. The highest BCUT2D eigenvalue weighted by Gasteiger charge is 2.26. The molecule has 0 fully saturated rings. The number of rotatable bonds is 6. The van der Waals surface area contributed by atoms with E-state index in [0.717, 1.165) is 5.01 Å². The molecule has 0 unspecified atom stereocenters. The van der Waals surface area contributed by atoms with Gasteiger partial charge in [0.2, 0.25) is 0 Å². The maximum atomic E-state index is 11.8. The quantitative estimate of drug-likeness (QED) is 0.790. The first-order chi connectivity index (χ1) is 7.51. The zero-order valence-corrected chi connectivity index (χ0v) is 9.49. The van der Waals surface area contributed by atoms with Gasteiger partial charge in [-0.05, 0) is 13.5 Å². The van der Waals surface area contributed by atoms with Crippen LogP contribution in [0.4, 0.5) is 13.2 Å². The summed E-state index contributed by atoms with van der Waals surface area (Å²) in [6, 6.07) is 0. The van der Waals surface area contributed by atoms with Gasteiger partial charge in [-0.2, -0.15) is 13.2 Å². The molecule has 1 rings (SSSR count). The molecule has 0 radical (unpaired) electrons. The van der Waals surface area contributed by atoms with Gasteiger partial charge in [0.1, 0.15) is 5.01 Å². The van der Waals surface area contributed by atoms with Crippen molar-refractivity contribution in [2.45, 2.75) is 25.6 Å². The van der Waals surface area contributed by atoms with E-state index in [2.05, 4.69) is 15.5 Å². The number of aromatic nitrogens is 2. The predicted molar refractivity (Wildman–Crippen MR) is 53.5 cm³/mol. The van der Waals surface area contributed by atoms with Crippen molar-refractivity contribution < 1.29 is 17.9 Å². The summed E-state index contributed by atoms with van der Waals surface area (Å²) in [6.45, 7) is 0.581. The van der Waals surface area contributed by atoms with Gasteiger partial charge in [-0.1, -0.05) is 11.3 Å². The zero-order chi connectivity index (χ0) is 12.0. The Morgan fingerprint density at radius 3 is 2.75 bits per heavy atom. The van der Waals surface area contributed by atoms with E-state index in [9.17, 15) is 13.2 Å². The molecule has 0 amide bonds. The first kappa shape index (κ1) is 13.2. The lowest BCUT2D eigenvalue weighted by atomic mass is 10.3. The van der Waals surface area contributed by atoms with Crippen LogP contribution in [0.5, 0.6) is 5.19 Å². The summed E-state index contributed by atoms with van der Waals surface area (Å²) in [5.41, 5.74) is 0. The van der Waals surface area contributed by atoms with Crippen LogP contribution >= 0.6 is 11.3 Å².